The van der Waals surface area contributed by atoms with E-state index in [0.29, 0.717) is 18.8 Å². The molecular weight excluding hydrogens is 420 g/mol. The fourth-order valence-electron chi connectivity index (χ4n) is 4.75. The van der Waals surface area contributed by atoms with E-state index in [9.17, 15) is 4.79 Å². The Hall–Kier alpha value is -3.26. The molecule has 1 N–H and O–H groups in total. The Kier molecular flexibility index (Phi) is 4.87. The molecule has 6 rings (SSSR count). The Labute approximate surface area is 190 Å². The van der Waals surface area contributed by atoms with Gasteiger partial charge in [-0.25, -0.2) is 9.97 Å². The summed E-state index contributed by atoms with van der Waals surface area (Å²) in [7, 11) is 0. The Balaban J connectivity index is 1.37. The van der Waals surface area contributed by atoms with Gasteiger partial charge in [-0.3, -0.25) is 9.89 Å². The van der Waals surface area contributed by atoms with E-state index in [1.54, 1.807) is 12.3 Å². The van der Waals surface area contributed by atoms with E-state index in [1.807, 2.05) is 34.4 Å². The maximum absolute atomic E-state index is 12.7. The summed E-state index contributed by atoms with van der Waals surface area (Å²) in [6.45, 7) is 2.84. The molecule has 4 aromatic rings. The summed E-state index contributed by atoms with van der Waals surface area (Å²) in [5.74, 6) is 1.82. The van der Waals surface area contributed by atoms with E-state index in [2.05, 4.69) is 27.2 Å². The van der Waals surface area contributed by atoms with Crippen molar-refractivity contribution < 1.29 is 4.79 Å². The van der Waals surface area contributed by atoms with Crippen LogP contribution in [0.4, 0.5) is 5.82 Å². The average Bonchev–Trinajstić information content (AvgIpc) is 3.52. The van der Waals surface area contributed by atoms with Crippen molar-refractivity contribution in [3.63, 3.8) is 0 Å². The number of nitrogens with zero attached hydrogens (tertiary/aromatic N) is 5. The molecule has 0 radical (unpaired) electrons. The van der Waals surface area contributed by atoms with Crippen LogP contribution in [0, 0.1) is 0 Å². The highest BCUT2D eigenvalue weighted by Gasteiger charge is 2.28. The zero-order valence-electron chi connectivity index (χ0n) is 17.8. The van der Waals surface area contributed by atoms with Crippen LogP contribution in [0.25, 0.3) is 21.6 Å². The van der Waals surface area contributed by atoms with Crippen LogP contribution in [0.15, 0.2) is 42.6 Å². The molecule has 162 valence electrons. The monoisotopic (exact) mass is 444 g/mol. The van der Waals surface area contributed by atoms with Crippen LogP contribution in [0.1, 0.15) is 33.8 Å². The van der Waals surface area contributed by atoms with Gasteiger partial charge >= 0.3 is 0 Å². The zero-order chi connectivity index (χ0) is 21.5. The fraction of sp³-hybridized carbons (Fsp3) is 0.333. The topological polar surface area (TPSA) is 78.0 Å². The first-order valence-electron chi connectivity index (χ1n) is 11.2. The molecular formula is C24H24N6OS. The summed E-state index contributed by atoms with van der Waals surface area (Å²) in [4.78, 5) is 29.6. The van der Waals surface area contributed by atoms with Crippen molar-refractivity contribution in [2.75, 3.05) is 31.1 Å². The number of amides is 1. The van der Waals surface area contributed by atoms with Gasteiger partial charge in [-0.2, -0.15) is 5.10 Å². The highest BCUT2D eigenvalue weighted by Crippen LogP contribution is 2.41. The van der Waals surface area contributed by atoms with Gasteiger partial charge in [0, 0.05) is 42.8 Å². The molecule has 7 nitrogen and oxygen atoms in total. The van der Waals surface area contributed by atoms with Gasteiger partial charge in [0.15, 0.2) is 5.82 Å². The van der Waals surface area contributed by atoms with E-state index in [4.69, 9.17) is 9.97 Å². The normalized spacial score (nSPS) is 16.4. The lowest BCUT2D eigenvalue weighted by atomic mass is 9.96. The quantitative estimate of drug-likeness (QED) is 0.518. The van der Waals surface area contributed by atoms with E-state index < -0.39 is 0 Å². The highest BCUT2D eigenvalue weighted by molar-refractivity contribution is 7.19. The maximum Gasteiger partial charge on any atom is 0.271 e. The predicted molar refractivity (Wildman–Crippen MR) is 126 cm³/mol. The Morgan fingerprint density at radius 3 is 2.56 bits per heavy atom. The van der Waals surface area contributed by atoms with Gasteiger partial charge in [0.05, 0.1) is 5.39 Å². The van der Waals surface area contributed by atoms with E-state index in [1.165, 1.54) is 28.7 Å². The molecule has 32 heavy (non-hydrogen) atoms. The predicted octanol–water partition coefficient (Wildman–Crippen LogP) is 3.92. The number of aromatic amines is 1. The van der Waals surface area contributed by atoms with E-state index in [0.717, 1.165) is 48.0 Å². The molecule has 0 saturated carbocycles. The summed E-state index contributed by atoms with van der Waals surface area (Å²) in [6, 6.07) is 11.9. The van der Waals surface area contributed by atoms with E-state index >= 15 is 0 Å². The van der Waals surface area contributed by atoms with Crippen molar-refractivity contribution in [1.82, 2.24) is 25.1 Å². The molecule has 1 saturated heterocycles. The number of thiophene rings is 1. The molecule has 1 aromatic carbocycles. The number of anilines is 1. The van der Waals surface area contributed by atoms with Gasteiger partial charge in [-0.05, 0) is 37.3 Å². The molecule has 1 aliphatic carbocycles. The Morgan fingerprint density at radius 2 is 1.78 bits per heavy atom. The fourth-order valence-corrected chi connectivity index (χ4v) is 6.01. The van der Waals surface area contributed by atoms with Crippen LogP contribution >= 0.6 is 11.3 Å². The average molecular weight is 445 g/mol. The number of hydrogen-bond donors (Lipinski definition) is 1. The van der Waals surface area contributed by atoms with Crippen LogP contribution in [0.3, 0.4) is 0 Å². The maximum atomic E-state index is 12.7. The molecule has 1 aliphatic heterocycles. The highest BCUT2D eigenvalue weighted by atomic mass is 32.1. The van der Waals surface area contributed by atoms with Crippen molar-refractivity contribution in [2.24, 2.45) is 0 Å². The first kappa shape index (κ1) is 19.4. The molecule has 2 aliphatic rings. The number of nitrogens with one attached hydrogen (secondary N) is 1. The standard InChI is InChI=1S/C24H24N6OS/c31-24(18-10-11-25-28-18)30-14-12-29(13-15-30)22-20-17-8-4-5-9-19(17)32-23(20)27-21(26-22)16-6-2-1-3-7-16/h1-3,6-7,10-11H,4-5,8-9,12-15H2,(H,25,28). The lowest BCUT2D eigenvalue weighted by molar-refractivity contribution is 0.0740. The molecule has 8 heteroatoms. The molecule has 4 heterocycles. The second kappa shape index (κ2) is 8.02. The molecule has 0 bridgehead atoms. The van der Waals surface area contributed by atoms with Gasteiger partial charge in [0.25, 0.3) is 5.91 Å². The smallest absolute Gasteiger partial charge is 0.271 e. The zero-order valence-corrected chi connectivity index (χ0v) is 18.6. The summed E-state index contributed by atoms with van der Waals surface area (Å²) < 4.78 is 0. The van der Waals surface area contributed by atoms with Crippen molar-refractivity contribution >= 4 is 33.3 Å². The number of piperazine rings is 1. The van der Waals surface area contributed by atoms with Crippen molar-refractivity contribution in [2.45, 2.75) is 25.7 Å². The lowest BCUT2D eigenvalue weighted by Gasteiger charge is -2.35. The molecule has 1 fully saturated rings. The number of rotatable bonds is 3. The van der Waals surface area contributed by atoms with Crippen molar-refractivity contribution in [3.05, 3.63) is 58.7 Å². The molecule has 1 amide bonds. The van der Waals surface area contributed by atoms with Gasteiger partial charge in [-0.15, -0.1) is 11.3 Å². The van der Waals surface area contributed by atoms with Crippen LogP contribution in [-0.2, 0) is 12.8 Å². The summed E-state index contributed by atoms with van der Waals surface area (Å²) in [6.07, 6.45) is 6.34. The summed E-state index contributed by atoms with van der Waals surface area (Å²) in [5, 5.41) is 7.93. The van der Waals surface area contributed by atoms with Crippen LogP contribution in [0.2, 0.25) is 0 Å². The third-order valence-corrected chi connectivity index (χ3v) is 7.61. The van der Waals surface area contributed by atoms with Gasteiger partial charge < -0.3 is 9.80 Å². The molecule has 0 atom stereocenters. The van der Waals surface area contributed by atoms with Crippen molar-refractivity contribution in [3.8, 4) is 11.4 Å². The molecule has 0 spiro atoms. The van der Waals surface area contributed by atoms with Gasteiger partial charge in [-0.1, -0.05) is 30.3 Å². The Bertz CT molecular complexity index is 1260. The van der Waals surface area contributed by atoms with Gasteiger partial charge in [0.2, 0.25) is 0 Å². The minimum absolute atomic E-state index is 0.00729. The third-order valence-electron chi connectivity index (χ3n) is 6.43. The number of hydrogen-bond acceptors (Lipinski definition) is 6. The number of H-pyrrole nitrogens is 1. The minimum atomic E-state index is 0.00729. The number of carbonyl (C=O) groups is 1. The lowest BCUT2D eigenvalue weighted by Crippen LogP contribution is -2.49. The largest absolute Gasteiger partial charge is 0.352 e. The Morgan fingerprint density at radius 1 is 0.969 bits per heavy atom. The van der Waals surface area contributed by atoms with E-state index in [-0.39, 0.29) is 5.91 Å². The summed E-state index contributed by atoms with van der Waals surface area (Å²) >= 11 is 1.84. The van der Waals surface area contributed by atoms with Crippen LogP contribution in [-0.4, -0.2) is 57.2 Å². The number of carbonyl (C=O) groups excluding carboxylic acids is 1. The second-order valence-corrected chi connectivity index (χ2v) is 9.46. The molecule has 3 aromatic heterocycles. The first-order valence-corrected chi connectivity index (χ1v) is 12.0. The number of fused-ring (bicyclic) bond motifs is 3. The number of benzene rings is 1. The van der Waals surface area contributed by atoms with Crippen molar-refractivity contribution in [1.29, 1.82) is 0 Å². The number of aryl methyl sites for hydroxylation is 2. The summed E-state index contributed by atoms with van der Waals surface area (Å²) in [5.41, 5.74) is 3.03. The minimum Gasteiger partial charge on any atom is -0.352 e. The van der Waals surface area contributed by atoms with Crippen LogP contribution < -0.4 is 4.90 Å². The number of aromatic nitrogens is 4. The third kappa shape index (κ3) is 3.35. The SMILES string of the molecule is O=C(c1ccn[nH]1)N1CCN(c2nc(-c3ccccc3)nc3sc4c(c23)CCCC4)CC1. The second-order valence-electron chi connectivity index (χ2n) is 8.38. The first-order chi connectivity index (χ1) is 15.8. The van der Waals surface area contributed by atoms with Gasteiger partial charge in [0.1, 0.15) is 16.3 Å². The van der Waals surface area contributed by atoms with Crippen LogP contribution in [0.5, 0.6) is 0 Å². The molecule has 0 unspecified atom stereocenters.